The molecule has 6 nitrogen and oxygen atoms in total. The van der Waals surface area contributed by atoms with Gasteiger partial charge in [0.1, 0.15) is 0 Å². The van der Waals surface area contributed by atoms with Crippen molar-refractivity contribution in [2.45, 2.75) is 431 Å². The number of carbonyl (C=O) groups excluding carboxylic acids is 2. The highest BCUT2D eigenvalue weighted by molar-refractivity contribution is 5.76. The van der Waals surface area contributed by atoms with Crippen LogP contribution in [0.1, 0.15) is 418 Å². The summed E-state index contributed by atoms with van der Waals surface area (Å²) in [6.45, 7) is 4.93. The van der Waals surface area contributed by atoms with Crippen molar-refractivity contribution in [2.24, 2.45) is 0 Å². The van der Waals surface area contributed by atoms with Crippen molar-refractivity contribution in [1.82, 2.24) is 5.32 Å². The highest BCUT2D eigenvalue weighted by Crippen LogP contribution is 2.19. The summed E-state index contributed by atoms with van der Waals surface area (Å²) in [5, 5.41) is 23.3. The zero-order valence-corrected chi connectivity index (χ0v) is 56.2. The first-order chi connectivity index (χ1) is 41.0. The van der Waals surface area contributed by atoms with E-state index in [2.05, 4.69) is 43.5 Å². The summed E-state index contributed by atoms with van der Waals surface area (Å²) in [6, 6.07) is -0.628. The number of esters is 1. The number of unbranched alkanes of at least 4 members (excludes halogenated alkanes) is 56. The van der Waals surface area contributed by atoms with Gasteiger partial charge in [0, 0.05) is 12.8 Å². The number of rotatable bonds is 71. The van der Waals surface area contributed by atoms with Crippen LogP contribution in [0.5, 0.6) is 0 Å². The smallest absolute Gasteiger partial charge is 0.305 e. The van der Waals surface area contributed by atoms with Gasteiger partial charge in [-0.05, 0) is 83.5 Å². The first kappa shape index (κ1) is 81.1. The van der Waals surface area contributed by atoms with Gasteiger partial charge in [-0.25, -0.2) is 0 Å². The maximum atomic E-state index is 12.5. The topological polar surface area (TPSA) is 95.9 Å². The molecular formula is C77H147NO5. The predicted molar refractivity (Wildman–Crippen MR) is 366 cm³/mol. The summed E-state index contributed by atoms with van der Waals surface area (Å²) in [5.74, 6) is -0.0534. The van der Waals surface area contributed by atoms with Crippen LogP contribution < -0.4 is 5.32 Å². The van der Waals surface area contributed by atoms with E-state index in [0.717, 1.165) is 44.9 Å². The lowest BCUT2D eigenvalue weighted by atomic mass is 10.0. The minimum atomic E-state index is -0.845. The average molecular weight is 1170 g/mol. The lowest BCUT2D eigenvalue weighted by Crippen LogP contribution is -2.45. The van der Waals surface area contributed by atoms with Crippen molar-refractivity contribution in [2.75, 3.05) is 13.2 Å². The van der Waals surface area contributed by atoms with Crippen molar-refractivity contribution >= 4 is 11.9 Å². The molecule has 490 valence electrons. The molecule has 0 aromatic rings. The van der Waals surface area contributed by atoms with E-state index in [9.17, 15) is 19.8 Å². The molecule has 0 radical (unpaired) electrons. The maximum Gasteiger partial charge on any atom is 0.305 e. The zero-order valence-electron chi connectivity index (χ0n) is 56.2. The van der Waals surface area contributed by atoms with Gasteiger partial charge in [0.15, 0.2) is 0 Å². The highest BCUT2D eigenvalue weighted by Gasteiger charge is 2.18. The zero-order chi connectivity index (χ0) is 59.9. The molecule has 6 heteroatoms. The van der Waals surface area contributed by atoms with Gasteiger partial charge < -0.3 is 20.3 Å². The Labute approximate surface area is 519 Å². The van der Waals surface area contributed by atoms with Crippen LogP contribution in [-0.4, -0.2) is 47.4 Å². The number of nitrogens with one attached hydrogen (secondary N) is 1. The summed E-state index contributed by atoms with van der Waals surface area (Å²) >= 11 is 0. The number of ether oxygens (including phenoxy) is 1. The second kappa shape index (κ2) is 72.6. The predicted octanol–water partition coefficient (Wildman–Crippen LogP) is 24.7. The Morgan fingerprint density at radius 1 is 0.325 bits per heavy atom. The standard InChI is InChI=1S/C77H147NO5/c1-3-5-7-9-11-13-15-17-19-20-21-22-33-36-39-42-45-49-53-57-61-65-69-75(80)74(73-79)78-76(81)70-66-62-58-54-50-46-43-40-37-34-31-29-27-25-23-24-26-28-30-32-35-38-41-44-48-52-56-60-64-68-72-83-77(82)71-67-63-59-55-51-47-18-16-14-12-10-8-6-4-2/h16,18,24,26,65,69,74-75,79-80H,3-15,17,19-23,25,27-64,66-68,70-73H2,1-2H3,(H,78,81)/b18-16-,26-24-,69-65+. The molecular weight excluding hydrogens is 1020 g/mol. The van der Waals surface area contributed by atoms with Crippen LogP contribution in [0.4, 0.5) is 0 Å². The summed E-state index contributed by atoms with van der Waals surface area (Å²) < 4.78 is 5.49. The van der Waals surface area contributed by atoms with Gasteiger partial charge in [-0.2, -0.15) is 0 Å². The Balaban J connectivity index is 3.39. The summed E-state index contributed by atoms with van der Waals surface area (Å²) in [6.07, 6.45) is 93.9. The van der Waals surface area contributed by atoms with Crippen LogP contribution in [-0.2, 0) is 14.3 Å². The molecule has 1 amide bonds. The van der Waals surface area contributed by atoms with E-state index in [1.54, 1.807) is 6.08 Å². The van der Waals surface area contributed by atoms with Gasteiger partial charge in [-0.1, -0.05) is 359 Å². The van der Waals surface area contributed by atoms with E-state index in [0.29, 0.717) is 19.4 Å². The van der Waals surface area contributed by atoms with Gasteiger partial charge in [-0.3, -0.25) is 9.59 Å². The van der Waals surface area contributed by atoms with Gasteiger partial charge in [-0.15, -0.1) is 0 Å². The first-order valence-electron chi connectivity index (χ1n) is 37.8. The molecule has 0 rings (SSSR count). The average Bonchev–Trinajstić information content (AvgIpc) is 3.49. The molecule has 0 aromatic carbocycles. The summed E-state index contributed by atoms with van der Waals surface area (Å²) in [5.41, 5.74) is 0. The van der Waals surface area contributed by atoms with Crippen LogP contribution in [0, 0.1) is 0 Å². The minimum absolute atomic E-state index is 0.00881. The van der Waals surface area contributed by atoms with Crippen molar-refractivity contribution in [3.8, 4) is 0 Å². The van der Waals surface area contributed by atoms with Gasteiger partial charge in [0.2, 0.25) is 5.91 Å². The van der Waals surface area contributed by atoms with Crippen molar-refractivity contribution in [3.63, 3.8) is 0 Å². The third kappa shape index (κ3) is 69.1. The normalized spacial score (nSPS) is 12.7. The molecule has 0 aliphatic heterocycles. The fraction of sp³-hybridized carbons (Fsp3) is 0.896. The molecule has 0 saturated carbocycles. The number of aliphatic hydroxyl groups is 2. The number of allylic oxidation sites excluding steroid dienone is 5. The Bertz CT molecular complexity index is 1340. The SMILES string of the molecule is CCCCCCC/C=C\CCCCCCCC(=O)OCCCCCCCCCCCCCC/C=C\CCCCCCCCCCCCCCCCC(=O)NC(CO)C(O)/C=C/CCCCCCCCCCCCCCCCCCCCCC. The molecule has 83 heavy (non-hydrogen) atoms. The number of aliphatic hydroxyl groups excluding tert-OH is 2. The van der Waals surface area contributed by atoms with Crippen LogP contribution in [0.25, 0.3) is 0 Å². The highest BCUT2D eigenvalue weighted by atomic mass is 16.5. The second-order valence-corrected chi connectivity index (χ2v) is 26.0. The lowest BCUT2D eigenvalue weighted by Gasteiger charge is -2.20. The molecule has 0 spiro atoms. The Kier molecular flexibility index (Phi) is 70.9. The van der Waals surface area contributed by atoms with E-state index in [4.69, 9.17) is 4.74 Å². The largest absolute Gasteiger partial charge is 0.466 e. The maximum absolute atomic E-state index is 12.5. The Hall–Kier alpha value is -1.92. The van der Waals surface area contributed by atoms with Crippen LogP contribution in [0.15, 0.2) is 36.5 Å². The van der Waals surface area contributed by atoms with E-state index in [1.807, 2.05) is 6.08 Å². The summed E-state index contributed by atoms with van der Waals surface area (Å²) in [4.78, 5) is 24.6. The molecule has 0 heterocycles. The fourth-order valence-corrected chi connectivity index (χ4v) is 11.9. The number of hydrogen-bond acceptors (Lipinski definition) is 5. The third-order valence-electron chi connectivity index (χ3n) is 17.6. The minimum Gasteiger partial charge on any atom is -0.466 e. The van der Waals surface area contributed by atoms with Crippen molar-refractivity contribution < 1.29 is 24.5 Å². The number of hydrogen-bond donors (Lipinski definition) is 3. The van der Waals surface area contributed by atoms with Gasteiger partial charge in [0.25, 0.3) is 0 Å². The van der Waals surface area contributed by atoms with E-state index >= 15 is 0 Å². The monoisotopic (exact) mass is 1170 g/mol. The van der Waals surface area contributed by atoms with Crippen LogP contribution in [0.3, 0.4) is 0 Å². The molecule has 0 bridgehead atoms. The van der Waals surface area contributed by atoms with Crippen LogP contribution >= 0.6 is 0 Å². The van der Waals surface area contributed by atoms with Crippen molar-refractivity contribution in [3.05, 3.63) is 36.5 Å². The molecule has 2 unspecified atom stereocenters. The van der Waals surface area contributed by atoms with E-state index < -0.39 is 12.1 Å². The number of amides is 1. The Morgan fingerprint density at radius 2 is 0.566 bits per heavy atom. The quantitative estimate of drug-likeness (QED) is 0.0320. The molecule has 2 atom stereocenters. The molecule has 0 aliphatic carbocycles. The van der Waals surface area contributed by atoms with Gasteiger partial charge >= 0.3 is 5.97 Å². The van der Waals surface area contributed by atoms with E-state index in [1.165, 1.54) is 347 Å². The molecule has 3 N–H and O–H groups in total. The van der Waals surface area contributed by atoms with Gasteiger partial charge in [0.05, 0.1) is 25.4 Å². The lowest BCUT2D eigenvalue weighted by molar-refractivity contribution is -0.143. The Morgan fingerprint density at radius 3 is 0.855 bits per heavy atom. The second-order valence-electron chi connectivity index (χ2n) is 26.0. The molecule has 0 aromatic heterocycles. The molecule has 0 fully saturated rings. The number of carbonyl (C=O) groups is 2. The first-order valence-corrected chi connectivity index (χ1v) is 37.8. The van der Waals surface area contributed by atoms with Crippen LogP contribution in [0.2, 0.25) is 0 Å². The molecule has 0 aliphatic rings. The summed E-state index contributed by atoms with van der Waals surface area (Å²) in [7, 11) is 0. The van der Waals surface area contributed by atoms with E-state index in [-0.39, 0.29) is 18.5 Å². The third-order valence-corrected chi connectivity index (χ3v) is 17.6. The molecule has 0 saturated heterocycles. The van der Waals surface area contributed by atoms with Crippen molar-refractivity contribution in [1.29, 1.82) is 0 Å². The fourth-order valence-electron chi connectivity index (χ4n) is 11.9.